The highest BCUT2D eigenvalue weighted by Gasteiger charge is 2.23. The topological polar surface area (TPSA) is 187 Å². The lowest BCUT2D eigenvalue weighted by atomic mass is 10.2. The Hall–Kier alpha value is -3.92. The van der Waals surface area contributed by atoms with E-state index in [1.807, 2.05) is 9.44 Å². The van der Waals surface area contributed by atoms with Crippen molar-refractivity contribution in [3.8, 4) is 23.0 Å². The van der Waals surface area contributed by atoms with Gasteiger partial charge in [0.25, 0.3) is 20.0 Å². The third-order valence-electron chi connectivity index (χ3n) is 5.44. The maximum Gasteiger partial charge on any atom is 0.328 e. The molecule has 14 nitrogen and oxygen atoms in total. The predicted octanol–water partition coefficient (Wildman–Crippen LogP) is 1.38. The van der Waals surface area contributed by atoms with E-state index >= 15 is 0 Å². The van der Waals surface area contributed by atoms with Crippen molar-refractivity contribution in [3.63, 3.8) is 0 Å². The molecule has 2 aromatic carbocycles. The first-order valence-corrected chi connectivity index (χ1v) is 14.5. The van der Waals surface area contributed by atoms with E-state index in [4.69, 9.17) is 18.9 Å². The molecule has 2 aliphatic heterocycles. The van der Waals surface area contributed by atoms with Crippen molar-refractivity contribution < 1.29 is 45.4 Å². The molecule has 0 spiro atoms. The fourth-order valence-electron chi connectivity index (χ4n) is 3.53. The maximum absolute atomic E-state index is 12.4. The van der Waals surface area contributed by atoms with E-state index in [1.165, 1.54) is 36.4 Å². The van der Waals surface area contributed by atoms with E-state index < -0.39 is 32.1 Å². The van der Waals surface area contributed by atoms with Crippen molar-refractivity contribution in [3.05, 3.63) is 36.4 Å². The summed E-state index contributed by atoms with van der Waals surface area (Å²) in [7, 11) is -8.15. The number of carbonyl (C=O) groups excluding carboxylic acids is 2. The molecule has 4 N–H and O–H groups in total. The van der Waals surface area contributed by atoms with Crippen molar-refractivity contribution in [1.29, 1.82) is 0 Å². The van der Waals surface area contributed by atoms with Crippen LogP contribution in [0.25, 0.3) is 0 Å². The fraction of sp³-hybridized carbons (Fsp3) is 0.364. The van der Waals surface area contributed by atoms with Gasteiger partial charge in [0.05, 0.1) is 9.79 Å². The maximum atomic E-state index is 12.4. The Morgan fingerprint density at radius 3 is 1.42 bits per heavy atom. The molecule has 0 aliphatic carbocycles. The Bertz CT molecular complexity index is 1310. The smallest absolute Gasteiger partial charge is 0.328 e. The molecule has 0 atom stereocenters. The van der Waals surface area contributed by atoms with Gasteiger partial charge in [-0.05, 0) is 37.1 Å². The zero-order valence-electron chi connectivity index (χ0n) is 20.0. The predicted molar refractivity (Wildman–Crippen MR) is 131 cm³/mol. The van der Waals surface area contributed by atoms with E-state index in [1.54, 1.807) is 0 Å². The quantitative estimate of drug-likeness (QED) is 0.287. The molecule has 38 heavy (non-hydrogen) atoms. The zero-order chi connectivity index (χ0) is 27.2. The number of rotatable bonds is 11. The van der Waals surface area contributed by atoms with Crippen LogP contribution in [-0.2, 0) is 20.0 Å². The zero-order valence-corrected chi connectivity index (χ0v) is 21.7. The Kier molecular flexibility index (Phi) is 8.31. The highest BCUT2D eigenvalue weighted by molar-refractivity contribution is 7.90. The number of fused-ring (bicyclic) bond motifs is 2. The average Bonchev–Trinajstić information content (AvgIpc) is 3.53. The van der Waals surface area contributed by atoms with Gasteiger partial charge in [0.15, 0.2) is 23.0 Å². The number of sulfonamides is 2. The minimum absolute atomic E-state index is 0.000193. The second kappa shape index (κ2) is 11.6. The van der Waals surface area contributed by atoms with Gasteiger partial charge >= 0.3 is 12.1 Å². The largest absolute Gasteiger partial charge is 0.454 e. The number of unbranched alkanes of at least 4 members (excludes halogenated alkanes) is 3. The van der Waals surface area contributed by atoms with Crippen LogP contribution in [0.2, 0.25) is 0 Å². The number of hydrogen-bond donors (Lipinski definition) is 4. The van der Waals surface area contributed by atoms with E-state index in [-0.39, 0.29) is 48.0 Å². The fourth-order valence-corrected chi connectivity index (χ4v) is 5.42. The van der Waals surface area contributed by atoms with Crippen molar-refractivity contribution in [2.45, 2.75) is 35.5 Å². The Morgan fingerprint density at radius 2 is 1.00 bits per heavy atom. The van der Waals surface area contributed by atoms with E-state index in [2.05, 4.69) is 10.6 Å². The molecule has 2 heterocycles. The Morgan fingerprint density at radius 1 is 0.605 bits per heavy atom. The minimum atomic E-state index is -4.08. The standard InChI is InChI=1S/C22H26N4O10S2/c27-21(25-37(29,30)15-5-7-17-19(11-15)35-13-33-17)23-9-3-1-2-4-10-24-22(28)26-38(31,32)16-6-8-18-20(12-16)36-14-34-18/h5-8,11-12H,1-4,9-10,13-14H2,(H2,23,25,27)(H2,24,26,28). The average molecular weight is 571 g/mol. The van der Waals surface area contributed by atoms with E-state index in [0.717, 1.165) is 0 Å². The first-order chi connectivity index (χ1) is 18.1. The summed E-state index contributed by atoms with van der Waals surface area (Å²) in [6, 6.07) is 6.36. The summed E-state index contributed by atoms with van der Waals surface area (Å²) in [5.74, 6) is 1.42. The third kappa shape index (κ3) is 6.89. The second-order valence-electron chi connectivity index (χ2n) is 8.17. The molecule has 0 bridgehead atoms. The van der Waals surface area contributed by atoms with Gasteiger partial charge in [-0.2, -0.15) is 0 Å². The summed E-state index contributed by atoms with van der Waals surface area (Å²) in [4.78, 5) is 23.7. The van der Waals surface area contributed by atoms with Gasteiger partial charge < -0.3 is 29.6 Å². The van der Waals surface area contributed by atoms with Crippen LogP contribution in [0.15, 0.2) is 46.2 Å². The first-order valence-electron chi connectivity index (χ1n) is 11.5. The van der Waals surface area contributed by atoms with Gasteiger partial charge in [0, 0.05) is 25.2 Å². The number of hydrogen-bond acceptors (Lipinski definition) is 10. The van der Waals surface area contributed by atoms with Crippen LogP contribution in [0, 0.1) is 0 Å². The number of ether oxygens (including phenoxy) is 4. The molecule has 0 saturated carbocycles. The van der Waals surface area contributed by atoms with Crippen LogP contribution < -0.4 is 39.0 Å². The van der Waals surface area contributed by atoms with Crippen molar-refractivity contribution in [1.82, 2.24) is 20.1 Å². The first kappa shape index (κ1) is 27.1. The lowest BCUT2D eigenvalue weighted by Gasteiger charge is -2.10. The van der Waals surface area contributed by atoms with E-state index in [0.29, 0.717) is 37.2 Å². The number of urea groups is 2. The van der Waals surface area contributed by atoms with E-state index in [9.17, 15) is 26.4 Å². The molecule has 0 fully saturated rings. The van der Waals surface area contributed by atoms with Crippen molar-refractivity contribution in [2.75, 3.05) is 26.7 Å². The summed E-state index contributed by atoms with van der Waals surface area (Å²) >= 11 is 0. The molecule has 0 unspecified atom stereocenters. The summed E-state index contributed by atoms with van der Waals surface area (Å²) in [6.07, 6.45) is 2.52. The molecular weight excluding hydrogens is 544 g/mol. The van der Waals surface area contributed by atoms with Crippen LogP contribution in [-0.4, -0.2) is 55.6 Å². The Balaban J connectivity index is 1.07. The van der Waals surface area contributed by atoms with Gasteiger partial charge in [-0.1, -0.05) is 12.8 Å². The minimum Gasteiger partial charge on any atom is -0.454 e. The molecule has 0 saturated heterocycles. The number of carbonyl (C=O) groups is 2. The van der Waals surface area contributed by atoms with Gasteiger partial charge in [-0.3, -0.25) is 0 Å². The van der Waals surface area contributed by atoms with Crippen LogP contribution >= 0.6 is 0 Å². The highest BCUT2D eigenvalue weighted by Crippen LogP contribution is 2.34. The monoisotopic (exact) mass is 570 g/mol. The normalized spacial score (nSPS) is 13.6. The molecular formula is C22H26N4O10S2. The van der Waals surface area contributed by atoms with Gasteiger partial charge in [-0.15, -0.1) is 0 Å². The second-order valence-corrected chi connectivity index (χ2v) is 11.5. The van der Waals surface area contributed by atoms with Gasteiger partial charge in [0.1, 0.15) is 0 Å². The Labute approximate surface area is 219 Å². The van der Waals surface area contributed by atoms with Crippen molar-refractivity contribution in [2.24, 2.45) is 0 Å². The SMILES string of the molecule is O=C(NCCCCCCNC(=O)NS(=O)(=O)c1ccc2c(c1)OCO2)NS(=O)(=O)c1ccc2c(c1)OCO2. The van der Waals surface area contributed by atoms with Crippen molar-refractivity contribution >= 4 is 32.1 Å². The molecule has 0 radical (unpaired) electrons. The molecule has 2 aliphatic rings. The summed E-state index contributed by atoms with van der Waals surface area (Å²) in [6.45, 7) is 0.481. The summed E-state index contributed by atoms with van der Waals surface area (Å²) < 4.78 is 73.9. The van der Waals surface area contributed by atoms with Gasteiger partial charge in [0.2, 0.25) is 13.6 Å². The molecule has 16 heteroatoms. The lowest BCUT2D eigenvalue weighted by Crippen LogP contribution is -2.40. The molecule has 2 aromatic rings. The lowest BCUT2D eigenvalue weighted by molar-refractivity contribution is 0.173. The molecule has 206 valence electrons. The summed E-state index contributed by atoms with van der Waals surface area (Å²) in [5, 5.41) is 4.96. The number of nitrogens with one attached hydrogen (secondary N) is 4. The van der Waals surface area contributed by atoms with Crippen LogP contribution in [0.5, 0.6) is 23.0 Å². The van der Waals surface area contributed by atoms with Gasteiger partial charge in [-0.25, -0.2) is 35.9 Å². The summed E-state index contributed by atoms with van der Waals surface area (Å²) in [5.41, 5.74) is 0. The van der Waals surface area contributed by atoms with Crippen LogP contribution in [0.4, 0.5) is 9.59 Å². The van der Waals surface area contributed by atoms with Crippen LogP contribution in [0.1, 0.15) is 25.7 Å². The molecule has 4 amide bonds. The molecule has 4 rings (SSSR count). The third-order valence-corrected chi connectivity index (χ3v) is 8.09. The highest BCUT2D eigenvalue weighted by atomic mass is 32.2. The molecule has 0 aromatic heterocycles. The number of amides is 4. The van der Waals surface area contributed by atoms with Crippen LogP contribution in [0.3, 0.4) is 0 Å². The number of benzene rings is 2.